The standard InChI is InChI=1S/C13H12FNO/c1-10(11-5-3-2-4-6-11)16-12-7-8-13(14)15-9-12/h2-10H,1H3. The van der Waals surface area contributed by atoms with Gasteiger partial charge in [-0.25, -0.2) is 4.98 Å². The predicted molar refractivity (Wildman–Crippen MR) is 59.7 cm³/mol. The highest BCUT2D eigenvalue weighted by Crippen LogP contribution is 2.20. The fourth-order valence-corrected chi connectivity index (χ4v) is 1.43. The van der Waals surface area contributed by atoms with Crippen LogP contribution in [0.5, 0.6) is 5.75 Å². The van der Waals surface area contributed by atoms with Gasteiger partial charge in [-0.15, -0.1) is 0 Å². The van der Waals surface area contributed by atoms with Gasteiger partial charge in [-0.05, 0) is 24.6 Å². The highest BCUT2D eigenvalue weighted by atomic mass is 19.1. The third kappa shape index (κ3) is 2.57. The largest absolute Gasteiger partial charge is 0.484 e. The fourth-order valence-electron chi connectivity index (χ4n) is 1.43. The Labute approximate surface area is 93.7 Å². The van der Waals surface area contributed by atoms with E-state index in [0.29, 0.717) is 5.75 Å². The average molecular weight is 217 g/mol. The number of benzene rings is 1. The Morgan fingerprint density at radius 2 is 1.88 bits per heavy atom. The van der Waals surface area contributed by atoms with Crippen molar-refractivity contribution in [2.45, 2.75) is 13.0 Å². The van der Waals surface area contributed by atoms with Crippen LogP contribution in [0.15, 0.2) is 48.7 Å². The molecule has 2 nitrogen and oxygen atoms in total. The second kappa shape index (κ2) is 4.75. The molecule has 1 atom stereocenters. The summed E-state index contributed by atoms with van der Waals surface area (Å²) in [4.78, 5) is 3.53. The van der Waals surface area contributed by atoms with E-state index in [1.807, 2.05) is 37.3 Å². The Bertz CT molecular complexity index is 441. The van der Waals surface area contributed by atoms with Crippen molar-refractivity contribution >= 4 is 0 Å². The van der Waals surface area contributed by atoms with E-state index in [1.54, 1.807) is 6.07 Å². The number of aromatic nitrogens is 1. The van der Waals surface area contributed by atoms with E-state index in [9.17, 15) is 4.39 Å². The molecule has 1 unspecified atom stereocenters. The van der Waals surface area contributed by atoms with Crippen LogP contribution in [0.2, 0.25) is 0 Å². The molecule has 0 saturated heterocycles. The number of pyridine rings is 1. The Morgan fingerprint density at radius 1 is 1.12 bits per heavy atom. The van der Waals surface area contributed by atoms with Crippen molar-refractivity contribution in [1.82, 2.24) is 4.98 Å². The molecule has 82 valence electrons. The highest BCUT2D eigenvalue weighted by molar-refractivity contribution is 5.21. The molecule has 0 fully saturated rings. The van der Waals surface area contributed by atoms with Gasteiger partial charge in [0.2, 0.25) is 5.95 Å². The molecule has 1 heterocycles. The molecule has 0 spiro atoms. The summed E-state index contributed by atoms with van der Waals surface area (Å²) in [6.07, 6.45) is 1.31. The van der Waals surface area contributed by atoms with Crippen LogP contribution in [0.3, 0.4) is 0 Å². The zero-order valence-electron chi connectivity index (χ0n) is 8.93. The molecule has 0 saturated carbocycles. The minimum atomic E-state index is -0.500. The first kappa shape index (κ1) is 10.6. The second-order valence-electron chi connectivity index (χ2n) is 3.49. The minimum Gasteiger partial charge on any atom is -0.484 e. The van der Waals surface area contributed by atoms with Crippen molar-refractivity contribution in [3.05, 3.63) is 60.2 Å². The molecule has 0 N–H and O–H groups in total. The van der Waals surface area contributed by atoms with E-state index >= 15 is 0 Å². The van der Waals surface area contributed by atoms with Gasteiger partial charge in [0, 0.05) is 0 Å². The van der Waals surface area contributed by atoms with Crippen molar-refractivity contribution in [2.24, 2.45) is 0 Å². The first-order valence-corrected chi connectivity index (χ1v) is 5.09. The summed E-state index contributed by atoms with van der Waals surface area (Å²) in [6, 6.07) is 12.7. The summed E-state index contributed by atoms with van der Waals surface area (Å²) < 4.78 is 18.2. The lowest BCUT2D eigenvalue weighted by Gasteiger charge is -2.14. The molecule has 0 bridgehead atoms. The summed E-state index contributed by atoms with van der Waals surface area (Å²) in [6.45, 7) is 1.94. The normalized spacial score (nSPS) is 12.1. The molecule has 1 aromatic carbocycles. The SMILES string of the molecule is CC(Oc1ccc(F)nc1)c1ccccc1. The summed E-state index contributed by atoms with van der Waals surface area (Å²) in [5, 5.41) is 0. The Balaban J connectivity index is 2.08. The fraction of sp³-hybridized carbons (Fsp3) is 0.154. The summed E-state index contributed by atoms with van der Waals surface area (Å²) in [5.41, 5.74) is 1.08. The molecule has 2 aromatic rings. The maximum Gasteiger partial charge on any atom is 0.213 e. The van der Waals surface area contributed by atoms with Crippen LogP contribution in [0.1, 0.15) is 18.6 Å². The van der Waals surface area contributed by atoms with Crippen LogP contribution < -0.4 is 4.74 Å². The van der Waals surface area contributed by atoms with Crippen molar-refractivity contribution in [1.29, 1.82) is 0 Å². The number of nitrogens with zero attached hydrogens (tertiary/aromatic N) is 1. The lowest BCUT2D eigenvalue weighted by atomic mass is 10.1. The van der Waals surface area contributed by atoms with Gasteiger partial charge in [0.1, 0.15) is 11.9 Å². The third-order valence-electron chi connectivity index (χ3n) is 2.28. The minimum absolute atomic E-state index is 0.0755. The Morgan fingerprint density at radius 3 is 2.50 bits per heavy atom. The van der Waals surface area contributed by atoms with Gasteiger partial charge in [0.05, 0.1) is 6.20 Å². The molecule has 0 aliphatic rings. The zero-order valence-corrected chi connectivity index (χ0v) is 8.93. The van der Waals surface area contributed by atoms with Crippen molar-refractivity contribution < 1.29 is 9.13 Å². The molecule has 0 aliphatic heterocycles. The molecule has 3 heteroatoms. The van der Waals surface area contributed by atoms with Crippen molar-refractivity contribution in [3.63, 3.8) is 0 Å². The van der Waals surface area contributed by atoms with Crippen LogP contribution in [-0.4, -0.2) is 4.98 Å². The average Bonchev–Trinajstić information content (AvgIpc) is 2.33. The smallest absolute Gasteiger partial charge is 0.213 e. The molecule has 2 rings (SSSR count). The number of hydrogen-bond acceptors (Lipinski definition) is 2. The van der Waals surface area contributed by atoms with Crippen molar-refractivity contribution in [3.8, 4) is 5.75 Å². The van der Waals surface area contributed by atoms with Gasteiger partial charge in [0.25, 0.3) is 0 Å². The number of ether oxygens (including phenoxy) is 1. The lowest BCUT2D eigenvalue weighted by molar-refractivity contribution is 0.225. The molecular formula is C13H12FNO. The summed E-state index contributed by atoms with van der Waals surface area (Å²) >= 11 is 0. The third-order valence-corrected chi connectivity index (χ3v) is 2.28. The monoisotopic (exact) mass is 217 g/mol. The molecule has 1 aromatic heterocycles. The zero-order chi connectivity index (χ0) is 11.4. The molecular weight excluding hydrogens is 205 g/mol. The van der Waals surface area contributed by atoms with E-state index in [1.165, 1.54) is 12.3 Å². The second-order valence-corrected chi connectivity index (χ2v) is 3.49. The molecule has 0 amide bonds. The number of rotatable bonds is 3. The molecule has 0 aliphatic carbocycles. The number of halogens is 1. The molecule has 16 heavy (non-hydrogen) atoms. The Kier molecular flexibility index (Phi) is 3.15. The first-order valence-electron chi connectivity index (χ1n) is 5.09. The lowest BCUT2D eigenvalue weighted by Crippen LogP contribution is -2.03. The van der Waals surface area contributed by atoms with Gasteiger partial charge in [-0.3, -0.25) is 0 Å². The maximum absolute atomic E-state index is 12.6. The highest BCUT2D eigenvalue weighted by Gasteiger charge is 2.06. The van der Waals surface area contributed by atoms with Gasteiger partial charge >= 0.3 is 0 Å². The Hall–Kier alpha value is -1.90. The topological polar surface area (TPSA) is 22.1 Å². The van der Waals surface area contributed by atoms with Crippen LogP contribution in [0.4, 0.5) is 4.39 Å². The summed E-state index contributed by atoms with van der Waals surface area (Å²) in [5.74, 6) is 0.0671. The van der Waals surface area contributed by atoms with Gasteiger partial charge in [-0.2, -0.15) is 4.39 Å². The quantitative estimate of drug-likeness (QED) is 0.735. The van der Waals surface area contributed by atoms with Gasteiger partial charge in [0.15, 0.2) is 0 Å². The van der Waals surface area contributed by atoms with E-state index in [2.05, 4.69) is 4.98 Å². The van der Waals surface area contributed by atoms with Crippen LogP contribution >= 0.6 is 0 Å². The number of hydrogen-bond donors (Lipinski definition) is 0. The van der Waals surface area contributed by atoms with Crippen LogP contribution in [-0.2, 0) is 0 Å². The van der Waals surface area contributed by atoms with Gasteiger partial charge < -0.3 is 4.74 Å². The van der Waals surface area contributed by atoms with E-state index in [0.717, 1.165) is 5.56 Å². The van der Waals surface area contributed by atoms with Crippen LogP contribution in [0.25, 0.3) is 0 Å². The predicted octanol–water partition coefficient (Wildman–Crippen LogP) is 3.36. The first-order chi connectivity index (χ1) is 7.75. The summed E-state index contributed by atoms with van der Waals surface area (Å²) in [7, 11) is 0. The van der Waals surface area contributed by atoms with E-state index < -0.39 is 5.95 Å². The van der Waals surface area contributed by atoms with E-state index in [-0.39, 0.29) is 6.10 Å². The van der Waals surface area contributed by atoms with E-state index in [4.69, 9.17) is 4.74 Å². The van der Waals surface area contributed by atoms with Crippen LogP contribution in [0, 0.1) is 5.95 Å². The van der Waals surface area contributed by atoms with Crippen molar-refractivity contribution in [2.75, 3.05) is 0 Å². The van der Waals surface area contributed by atoms with Gasteiger partial charge in [-0.1, -0.05) is 30.3 Å². The molecule has 0 radical (unpaired) electrons. The maximum atomic E-state index is 12.6.